The smallest absolute Gasteiger partial charge is 0.0387 e. The fraction of sp³-hybridized carbons (Fsp3) is 0.214. The van der Waals surface area contributed by atoms with E-state index in [1.807, 2.05) is 0 Å². The molecule has 29 heavy (non-hydrogen) atoms. The summed E-state index contributed by atoms with van der Waals surface area (Å²) in [5, 5.41) is 3.64. The molecule has 144 valence electrons. The zero-order valence-electron chi connectivity index (χ0n) is 17.4. The van der Waals surface area contributed by atoms with Crippen LogP contribution in [0.25, 0.3) is 11.1 Å². The lowest BCUT2D eigenvalue weighted by Crippen LogP contribution is -2.21. The fourth-order valence-electron chi connectivity index (χ4n) is 4.81. The third-order valence-corrected chi connectivity index (χ3v) is 6.68. The predicted molar refractivity (Wildman–Crippen MR) is 123 cm³/mol. The van der Waals surface area contributed by atoms with Gasteiger partial charge in [-0.2, -0.15) is 0 Å². The van der Waals surface area contributed by atoms with E-state index in [0.29, 0.717) is 0 Å². The van der Waals surface area contributed by atoms with E-state index in [-0.39, 0.29) is 10.8 Å². The Hall–Kier alpha value is -3.06. The van der Waals surface area contributed by atoms with Gasteiger partial charge in [-0.15, -0.1) is 0 Å². The standard InChI is InChI=1S/C28H27N/c1-27(2)25-12-8-7-11-23(25)24-14-13-22(19-26(24)27)29-21-15-17-28(3,18-16-21)20-9-5-4-6-10-20/h4-17,19,29H,18H2,1-3H3. The van der Waals surface area contributed by atoms with Crippen molar-refractivity contribution in [2.24, 2.45) is 0 Å². The van der Waals surface area contributed by atoms with Crippen LogP contribution in [0.15, 0.2) is 96.7 Å². The minimum atomic E-state index is 0.0340. The van der Waals surface area contributed by atoms with Crippen LogP contribution in [0.4, 0.5) is 5.69 Å². The average Bonchev–Trinajstić information content (AvgIpc) is 2.98. The molecule has 3 aromatic rings. The summed E-state index contributed by atoms with van der Waals surface area (Å²) in [5.74, 6) is 0. The van der Waals surface area contributed by atoms with Crippen molar-refractivity contribution in [2.45, 2.75) is 38.0 Å². The molecule has 1 unspecified atom stereocenters. The van der Waals surface area contributed by atoms with Crippen LogP contribution in [0.3, 0.4) is 0 Å². The average molecular weight is 378 g/mol. The molecule has 0 saturated heterocycles. The maximum absolute atomic E-state index is 3.64. The second kappa shape index (κ2) is 6.49. The van der Waals surface area contributed by atoms with Gasteiger partial charge in [0.15, 0.2) is 0 Å². The summed E-state index contributed by atoms with van der Waals surface area (Å²) in [7, 11) is 0. The lowest BCUT2D eigenvalue weighted by atomic mass is 9.77. The van der Waals surface area contributed by atoms with E-state index in [4.69, 9.17) is 0 Å². The van der Waals surface area contributed by atoms with E-state index in [0.717, 1.165) is 12.1 Å². The topological polar surface area (TPSA) is 12.0 Å². The summed E-state index contributed by atoms with van der Waals surface area (Å²) < 4.78 is 0. The van der Waals surface area contributed by atoms with Crippen LogP contribution in [-0.4, -0.2) is 0 Å². The van der Waals surface area contributed by atoms with Crippen molar-refractivity contribution in [3.05, 3.63) is 113 Å². The van der Waals surface area contributed by atoms with Gasteiger partial charge in [-0.3, -0.25) is 0 Å². The Morgan fingerprint density at radius 2 is 1.48 bits per heavy atom. The molecular formula is C28H27N. The van der Waals surface area contributed by atoms with E-state index in [1.165, 1.54) is 33.5 Å². The van der Waals surface area contributed by atoms with Gasteiger partial charge in [0.1, 0.15) is 0 Å². The van der Waals surface area contributed by atoms with Crippen molar-refractivity contribution in [1.82, 2.24) is 0 Å². The van der Waals surface area contributed by atoms with Crippen LogP contribution >= 0.6 is 0 Å². The van der Waals surface area contributed by atoms with Crippen LogP contribution in [0.1, 0.15) is 43.9 Å². The van der Waals surface area contributed by atoms with Crippen LogP contribution in [0.2, 0.25) is 0 Å². The highest BCUT2D eigenvalue weighted by molar-refractivity contribution is 5.82. The molecule has 0 bridgehead atoms. The van der Waals surface area contributed by atoms with Gasteiger partial charge in [0, 0.05) is 22.2 Å². The molecule has 0 aromatic heterocycles. The minimum Gasteiger partial charge on any atom is -0.356 e. The van der Waals surface area contributed by atoms with Crippen LogP contribution in [0, 0.1) is 0 Å². The number of hydrogen-bond donors (Lipinski definition) is 1. The van der Waals surface area contributed by atoms with E-state index >= 15 is 0 Å². The van der Waals surface area contributed by atoms with Crippen molar-refractivity contribution < 1.29 is 0 Å². The number of nitrogens with one attached hydrogen (secondary N) is 1. The third-order valence-electron chi connectivity index (χ3n) is 6.68. The highest BCUT2D eigenvalue weighted by Crippen LogP contribution is 2.49. The fourth-order valence-corrected chi connectivity index (χ4v) is 4.81. The molecule has 0 saturated carbocycles. The Morgan fingerprint density at radius 3 is 2.24 bits per heavy atom. The molecule has 3 aromatic carbocycles. The van der Waals surface area contributed by atoms with Crippen molar-refractivity contribution in [1.29, 1.82) is 0 Å². The van der Waals surface area contributed by atoms with Gasteiger partial charge in [0.25, 0.3) is 0 Å². The quantitative estimate of drug-likeness (QED) is 0.508. The summed E-state index contributed by atoms with van der Waals surface area (Å²) >= 11 is 0. The largest absolute Gasteiger partial charge is 0.356 e. The third kappa shape index (κ3) is 2.93. The summed E-state index contributed by atoms with van der Waals surface area (Å²) in [4.78, 5) is 0. The number of benzene rings is 3. The molecule has 2 aliphatic rings. The number of rotatable bonds is 3. The predicted octanol–water partition coefficient (Wildman–Crippen LogP) is 7.21. The van der Waals surface area contributed by atoms with Crippen LogP contribution < -0.4 is 5.32 Å². The Kier molecular flexibility index (Phi) is 4.03. The number of allylic oxidation sites excluding steroid dienone is 3. The van der Waals surface area contributed by atoms with Crippen LogP contribution in [0.5, 0.6) is 0 Å². The Balaban J connectivity index is 1.40. The monoisotopic (exact) mass is 377 g/mol. The van der Waals surface area contributed by atoms with Gasteiger partial charge in [-0.25, -0.2) is 0 Å². The minimum absolute atomic E-state index is 0.0340. The molecule has 0 radical (unpaired) electrons. The Morgan fingerprint density at radius 1 is 0.759 bits per heavy atom. The lowest BCUT2D eigenvalue weighted by Gasteiger charge is -2.29. The van der Waals surface area contributed by atoms with Gasteiger partial charge in [0.05, 0.1) is 0 Å². The molecule has 1 N–H and O–H groups in total. The Labute approximate surface area is 173 Å². The highest BCUT2D eigenvalue weighted by Gasteiger charge is 2.35. The molecule has 1 nitrogen and oxygen atoms in total. The van der Waals surface area contributed by atoms with Gasteiger partial charge in [-0.1, -0.05) is 93.6 Å². The summed E-state index contributed by atoms with van der Waals surface area (Å²) in [6.07, 6.45) is 7.87. The number of fused-ring (bicyclic) bond motifs is 3. The van der Waals surface area contributed by atoms with E-state index < -0.39 is 0 Å². The van der Waals surface area contributed by atoms with Gasteiger partial charge >= 0.3 is 0 Å². The molecular weight excluding hydrogens is 350 g/mol. The maximum atomic E-state index is 3.64. The lowest BCUT2D eigenvalue weighted by molar-refractivity contribution is 0.597. The Bertz CT molecular complexity index is 1130. The first-order valence-electron chi connectivity index (χ1n) is 10.4. The van der Waals surface area contributed by atoms with Gasteiger partial charge < -0.3 is 5.32 Å². The first kappa shape index (κ1) is 18.0. The maximum Gasteiger partial charge on any atom is 0.0387 e. The summed E-state index contributed by atoms with van der Waals surface area (Å²) in [5.41, 5.74) is 9.34. The van der Waals surface area contributed by atoms with E-state index in [1.54, 1.807) is 0 Å². The van der Waals surface area contributed by atoms with E-state index in [2.05, 4.69) is 117 Å². The first-order chi connectivity index (χ1) is 14.0. The molecule has 0 amide bonds. The van der Waals surface area contributed by atoms with Crippen LogP contribution in [-0.2, 0) is 10.8 Å². The molecule has 0 fully saturated rings. The second-order valence-electron chi connectivity index (χ2n) is 9.04. The zero-order chi connectivity index (χ0) is 20.1. The SMILES string of the molecule is CC1(c2ccccc2)C=CC(Nc2ccc3c(c2)C(C)(C)c2ccccc2-3)=CC1. The molecule has 2 aliphatic carbocycles. The first-order valence-corrected chi connectivity index (χ1v) is 10.4. The summed E-state index contributed by atoms with van der Waals surface area (Å²) in [6, 6.07) is 26.4. The van der Waals surface area contributed by atoms with Gasteiger partial charge in [-0.05, 0) is 52.4 Å². The molecule has 5 rings (SSSR count). The zero-order valence-corrected chi connectivity index (χ0v) is 17.4. The summed E-state index contributed by atoms with van der Waals surface area (Å²) in [6.45, 7) is 6.96. The molecule has 1 atom stereocenters. The van der Waals surface area contributed by atoms with Crippen molar-refractivity contribution >= 4 is 5.69 Å². The molecule has 0 aliphatic heterocycles. The second-order valence-corrected chi connectivity index (χ2v) is 9.04. The van der Waals surface area contributed by atoms with Crippen molar-refractivity contribution in [3.63, 3.8) is 0 Å². The molecule has 1 heteroatoms. The van der Waals surface area contributed by atoms with Crippen molar-refractivity contribution in [2.75, 3.05) is 5.32 Å². The molecule has 0 spiro atoms. The normalized spacial score (nSPS) is 21.3. The van der Waals surface area contributed by atoms with Crippen molar-refractivity contribution in [3.8, 4) is 11.1 Å². The number of hydrogen-bond acceptors (Lipinski definition) is 1. The molecule has 0 heterocycles. The van der Waals surface area contributed by atoms with Gasteiger partial charge in [0.2, 0.25) is 0 Å². The van der Waals surface area contributed by atoms with E-state index in [9.17, 15) is 0 Å². The number of anilines is 1. The highest BCUT2D eigenvalue weighted by atomic mass is 14.9.